The molecular weight excluding hydrogens is 432 g/mol. The number of hydrogen-bond acceptors (Lipinski definition) is 7. The number of anilines is 2. The van der Waals surface area contributed by atoms with Crippen molar-refractivity contribution in [2.24, 2.45) is 0 Å². The summed E-state index contributed by atoms with van der Waals surface area (Å²) in [5.74, 6) is 2.10. The van der Waals surface area contributed by atoms with Gasteiger partial charge in [-0.05, 0) is 53.6 Å². The van der Waals surface area contributed by atoms with E-state index < -0.39 is 0 Å². The first kappa shape index (κ1) is 24.3. The zero-order valence-electron chi connectivity index (χ0n) is 19.6. The molecule has 3 aromatic carbocycles. The van der Waals surface area contributed by atoms with Crippen LogP contribution >= 0.6 is 0 Å². The number of nitrogens with one attached hydrogen (secondary N) is 1. The Hall–Kier alpha value is -4.39. The highest BCUT2D eigenvalue weighted by Crippen LogP contribution is 2.38. The van der Waals surface area contributed by atoms with Crippen LogP contribution in [-0.2, 0) is 0 Å². The molecule has 3 rings (SSSR count). The van der Waals surface area contributed by atoms with E-state index in [0.29, 0.717) is 34.2 Å². The Balaban J connectivity index is 1.70. The fraction of sp³-hybridized carbons (Fsp3) is 0.148. The highest BCUT2D eigenvalue weighted by atomic mass is 16.5. The number of methoxy groups -OCH3 is 4. The van der Waals surface area contributed by atoms with Crippen molar-refractivity contribution >= 4 is 29.3 Å². The number of nitrogen functional groups attached to an aromatic ring is 1. The molecule has 3 N–H and O–H groups in total. The molecule has 0 fully saturated rings. The van der Waals surface area contributed by atoms with Gasteiger partial charge in [-0.3, -0.25) is 4.79 Å². The molecule has 0 bridgehead atoms. The number of nitrogens with two attached hydrogens (primary N) is 1. The number of carbonyl (C=O) groups is 1. The van der Waals surface area contributed by atoms with E-state index >= 15 is 0 Å². The molecule has 3 aromatic rings. The van der Waals surface area contributed by atoms with Gasteiger partial charge >= 0.3 is 0 Å². The fourth-order valence-electron chi connectivity index (χ4n) is 3.32. The largest absolute Gasteiger partial charge is 0.495 e. The lowest BCUT2D eigenvalue weighted by molar-refractivity contribution is 0.104. The minimum absolute atomic E-state index is 0.166. The molecule has 7 heteroatoms. The third-order valence-corrected chi connectivity index (χ3v) is 5.04. The summed E-state index contributed by atoms with van der Waals surface area (Å²) < 4.78 is 21.3. The van der Waals surface area contributed by atoms with E-state index in [1.807, 2.05) is 48.6 Å². The van der Waals surface area contributed by atoms with Gasteiger partial charge in [0.05, 0.1) is 34.1 Å². The summed E-state index contributed by atoms with van der Waals surface area (Å²) in [6, 6.07) is 16.5. The average Bonchev–Trinajstić information content (AvgIpc) is 2.86. The van der Waals surface area contributed by atoms with E-state index in [4.69, 9.17) is 24.7 Å². The van der Waals surface area contributed by atoms with Gasteiger partial charge in [0, 0.05) is 23.5 Å². The molecule has 176 valence electrons. The first-order chi connectivity index (χ1) is 16.5. The van der Waals surface area contributed by atoms with Gasteiger partial charge in [-0.1, -0.05) is 24.3 Å². The predicted octanol–water partition coefficient (Wildman–Crippen LogP) is 5.28. The van der Waals surface area contributed by atoms with E-state index in [2.05, 4.69) is 5.32 Å². The predicted molar refractivity (Wildman–Crippen MR) is 136 cm³/mol. The van der Waals surface area contributed by atoms with E-state index in [0.717, 1.165) is 16.8 Å². The maximum Gasteiger partial charge on any atom is 0.203 e. The molecule has 0 amide bonds. The van der Waals surface area contributed by atoms with E-state index in [1.165, 1.54) is 13.2 Å². The average molecular weight is 461 g/mol. The van der Waals surface area contributed by atoms with Crippen molar-refractivity contribution in [3.8, 4) is 23.0 Å². The van der Waals surface area contributed by atoms with Gasteiger partial charge in [-0.2, -0.15) is 0 Å². The van der Waals surface area contributed by atoms with Gasteiger partial charge in [0.2, 0.25) is 5.75 Å². The standard InChI is InChI=1S/C27H28N2O5/c1-31-24-11-10-20(17-22(24)28)23(30)12-13-29-21-7-5-6-18(14-21)8-9-19-15-25(32-2)27(34-4)26(16-19)33-3/h5-17,29H,28H2,1-4H3. The molecule has 0 atom stereocenters. The van der Waals surface area contributed by atoms with Crippen LogP contribution < -0.4 is 30.0 Å². The molecule has 0 aliphatic heterocycles. The van der Waals surface area contributed by atoms with Crippen molar-refractivity contribution < 1.29 is 23.7 Å². The van der Waals surface area contributed by atoms with Crippen LogP contribution in [0, 0.1) is 0 Å². The second-order valence-electron chi connectivity index (χ2n) is 7.22. The van der Waals surface area contributed by atoms with Crippen LogP contribution in [0.1, 0.15) is 21.5 Å². The zero-order chi connectivity index (χ0) is 24.5. The fourth-order valence-corrected chi connectivity index (χ4v) is 3.32. The number of rotatable bonds is 10. The van der Waals surface area contributed by atoms with Crippen LogP contribution in [0.25, 0.3) is 12.2 Å². The molecular formula is C27H28N2O5. The van der Waals surface area contributed by atoms with Crippen LogP contribution in [0.15, 0.2) is 66.9 Å². The van der Waals surface area contributed by atoms with E-state index in [1.54, 1.807) is 45.7 Å². The second kappa shape index (κ2) is 11.5. The van der Waals surface area contributed by atoms with E-state index in [-0.39, 0.29) is 5.78 Å². The maximum atomic E-state index is 12.4. The summed E-state index contributed by atoms with van der Waals surface area (Å²) in [6.45, 7) is 0. The zero-order valence-corrected chi connectivity index (χ0v) is 19.6. The summed E-state index contributed by atoms with van der Waals surface area (Å²) in [5.41, 5.74) is 9.49. The Morgan fingerprint density at radius 1 is 0.794 bits per heavy atom. The van der Waals surface area contributed by atoms with Crippen LogP contribution in [0.5, 0.6) is 23.0 Å². The number of benzene rings is 3. The third-order valence-electron chi connectivity index (χ3n) is 5.04. The number of allylic oxidation sites excluding steroid dienone is 1. The summed E-state index contributed by atoms with van der Waals surface area (Å²) >= 11 is 0. The maximum absolute atomic E-state index is 12.4. The molecule has 0 saturated carbocycles. The van der Waals surface area contributed by atoms with Crippen molar-refractivity contribution in [3.05, 3.63) is 83.6 Å². The third kappa shape index (κ3) is 5.89. The second-order valence-corrected chi connectivity index (χ2v) is 7.22. The van der Waals surface area contributed by atoms with Crippen molar-refractivity contribution in [2.75, 3.05) is 39.5 Å². The van der Waals surface area contributed by atoms with Gasteiger partial charge in [-0.25, -0.2) is 0 Å². The molecule has 0 saturated heterocycles. The molecule has 0 aliphatic rings. The van der Waals surface area contributed by atoms with Gasteiger partial charge in [0.15, 0.2) is 17.3 Å². The van der Waals surface area contributed by atoms with Gasteiger partial charge in [-0.15, -0.1) is 0 Å². The summed E-state index contributed by atoms with van der Waals surface area (Å²) in [5, 5.41) is 3.12. The van der Waals surface area contributed by atoms with Crippen molar-refractivity contribution in [3.63, 3.8) is 0 Å². The first-order valence-corrected chi connectivity index (χ1v) is 10.5. The quantitative estimate of drug-likeness (QED) is 0.184. The highest BCUT2D eigenvalue weighted by Gasteiger charge is 2.12. The van der Waals surface area contributed by atoms with Crippen LogP contribution in [0.2, 0.25) is 0 Å². The van der Waals surface area contributed by atoms with Gasteiger partial charge in [0.1, 0.15) is 5.75 Å². The normalized spacial score (nSPS) is 10.9. The molecule has 0 heterocycles. The molecule has 0 spiro atoms. The van der Waals surface area contributed by atoms with Gasteiger partial charge in [0.25, 0.3) is 0 Å². The summed E-state index contributed by atoms with van der Waals surface area (Å²) in [4.78, 5) is 12.4. The topological polar surface area (TPSA) is 92.0 Å². The van der Waals surface area contributed by atoms with Crippen LogP contribution in [0.4, 0.5) is 11.4 Å². The monoisotopic (exact) mass is 460 g/mol. The Morgan fingerprint density at radius 3 is 2.09 bits per heavy atom. The number of ether oxygens (including phenoxy) is 4. The summed E-state index contributed by atoms with van der Waals surface area (Å²) in [7, 11) is 6.28. The molecule has 0 aromatic heterocycles. The Morgan fingerprint density at radius 2 is 1.47 bits per heavy atom. The lowest BCUT2D eigenvalue weighted by Gasteiger charge is -2.12. The van der Waals surface area contributed by atoms with Gasteiger partial charge < -0.3 is 30.0 Å². The van der Waals surface area contributed by atoms with E-state index in [9.17, 15) is 4.79 Å². The SMILES string of the molecule is COc1ccc(C(=O)C=CNc2cccc(C=Cc3cc(OC)c(OC)c(OC)c3)c2)cc1N. The molecule has 0 radical (unpaired) electrons. The molecule has 7 nitrogen and oxygen atoms in total. The summed E-state index contributed by atoms with van der Waals surface area (Å²) in [6.07, 6.45) is 6.99. The number of carbonyl (C=O) groups excluding carboxylic acids is 1. The molecule has 0 aliphatic carbocycles. The van der Waals surface area contributed by atoms with Crippen LogP contribution in [0.3, 0.4) is 0 Å². The first-order valence-electron chi connectivity index (χ1n) is 10.5. The number of hydrogen-bond donors (Lipinski definition) is 2. The Labute approximate surface area is 199 Å². The van der Waals surface area contributed by atoms with Crippen molar-refractivity contribution in [1.29, 1.82) is 0 Å². The molecule has 34 heavy (non-hydrogen) atoms. The molecule has 0 unspecified atom stereocenters. The smallest absolute Gasteiger partial charge is 0.203 e. The number of ketones is 1. The minimum atomic E-state index is -0.166. The Bertz CT molecular complexity index is 1190. The lowest BCUT2D eigenvalue weighted by Crippen LogP contribution is -1.99. The Kier molecular flexibility index (Phi) is 8.18. The lowest BCUT2D eigenvalue weighted by atomic mass is 10.1. The van der Waals surface area contributed by atoms with Crippen molar-refractivity contribution in [1.82, 2.24) is 0 Å². The minimum Gasteiger partial charge on any atom is -0.495 e. The highest BCUT2D eigenvalue weighted by molar-refractivity contribution is 6.05. The van der Waals surface area contributed by atoms with Crippen LogP contribution in [-0.4, -0.2) is 34.2 Å². The van der Waals surface area contributed by atoms with Crippen molar-refractivity contribution in [2.45, 2.75) is 0 Å².